The highest BCUT2D eigenvalue weighted by molar-refractivity contribution is 6.29. The molecular weight excluding hydrogens is 170 g/mol. The summed E-state index contributed by atoms with van der Waals surface area (Å²) in [5, 5.41) is 1.99. The van der Waals surface area contributed by atoms with Gasteiger partial charge in [0, 0.05) is 0 Å². The quantitative estimate of drug-likeness (QED) is 0.236. The third-order valence-electron chi connectivity index (χ3n) is 0.612. The largest absolute Gasteiger partial charge is 0.461 e. The second kappa shape index (κ2) is 9.34. The maximum atomic E-state index is 10.0. The van der Waals surface area contributed by atoms with E-state index in [4.69, 9.17) is 4.91 Å². The van der Waals surface area contributed by atoms with Crippen LogP contribution in [0.4, 0.5) is 0 Å². The Morgan fingerprint density at radius 1 is 1.00 bits per heavy atom. The number of esters is 2. The summed E-state index contributed by atoms with van der Waals surface area (Å²) in [6.45, 7) is 0. The first-order valence-corrected chi connectivity index (χ1v) is 2.66. The molecule has 0 aromatic heterocycles. The Morgan fingerprint density at radius 3 is 1.33 bits per heavy atom. The zero-order chi connectivity index (χ0) is 9.98. The zero-order valence-corrected chi connectivity index (χ0v) is 6.90. The molecule has 7 nitrogen and oxygen atoms in total. The van der Waals surface area contributed by atoms with Crippen molar-refractivity contribution in [3.63, 3.8) is 0 Å². The van der Waals surface area contributed by atoms with Gasteiger partial charge < -0.3 is 14.3 Å². The van der Waals surface area contributed by atoms with E-state index < -0.39 is 11.9 Å². The van der Waals surface area contributed by atoms with Crippen molar-refractivity contribution < 1.29 is 23.9 Å². The van der Waals surface area contributed by atoms with Gasteiger partial charge in [0.05, 0.1) is 14.2 Å². The van der Waals surface area contributed by atoms with Gasteiger partial charge in [0.2, 0.25) is 0 Å². The SMILES string of the molecule is COC(=O)C(=O)OC.CON=O. The monoisotopic (exact) mass is 179 g/mol. The molecule has 0 aromatic carbocycles. The van der Waals surface area contributed by atoms with Crippen LogP contribution in [0.1, 0.15) is 0 Å². The third kappa shape index (κ3) is 8.34. The summed E-state index contributed by atoms with van der Waals surface area (Å²) in [6.07, 6.45) is 0. The molecule has 0 aliphatic heterocycles. The Labute approximate surface area is 68.5 Å². The molecule has 0 saturated heterocycles. The fraction of sp³-hybridized carbons (Fsp3) is 0.600. The number of ether oxygens (including phenoxy) is 2. The minimum atomic E-state index is -0.979. The van der Waals surface area contributed by atoms with Gasteiger partial charge >= 0.3 is 11.9 Å². The van der Waals surface area contributed by atoms with Crippen LogP contribution in [0.15, 0.2) is 5.34 Å². The van der Waals surface area contributed by atoms with Crippen LogP contribution in [-0.2, 0) is 23.9 Å². The fourth-order valence-electron chi connectivity index (χ4n) is 0.167. The number of carbonyl (C=O) groups excluding carboxylic acids is 2. The molecule has 7 heteroatoms. The number of carbonyl (C=O) groups is 2. The molecule has 0 spiro atoms. The molecule has 0 heterocycles. The Bertz CT molecular complexity index is 142. The van der Waals surface area contributed by atoms with Gasteiger partial charge in [0.25, 0.3) is 0 Å². The second-order valence-corrected chi connectivity index (χ2v) is 1.24. The number of hydrogen-bond acceptors (Lipinski definition) is 7. The Balaban J connectivity index is 0. The van der Waals surface area contributed by atoms with Gasteiger partial charge in [0.1, 0.15) is 7.11 Å². The topological polar surface area (TPSA) is 91.3 Å². The van der Waals surface area contributed by atoms with E-state index in [1.165, 1.54) is 7.11 Å². The summed E-state index contributed by atoms with van der Waals surface area (Å²) in [6, 6.07) is 0. The summed E-state index contributed by atoms with van der Waals surface area (Å²) in [5.41, 5.74) is 0. The van der Waals surface area contributed by atoms with Gasteiger partial charge in [-0.1, -0.05) is 0 Å². The summed E-state index contributed by atoms with van der Waals surface area (Å²) >= 11 is 0. The van der Waals surface area contributed by atoms with Crippen molar-refractivity contribution in [1.82, 2.24) is 0 Å². The van der Waals surface area contributed by atoms with E-state index in [0.717, 1.165) is 14.2 Å². The van der Waals surface area contributed by atoms with Crippen LogP contribution in [0.3, 0.4) is 0 Å². The predicted octanol–water partition coefficient (Wildman–Crippen LogP) is -0.353. The van der Waals surface area contributed by atoms with Gasteiger partial charge in [-0.05, 0) is 0 Å². The van der Waals surface area contributed by atoms with Crippen molar-refractivity contribution in [2.45, 2.75) is 0 Å². The zero-order valence-electron chi connectivity index (χ0n) is 6.90. The van der Waals surface area contributed by atoms with Crippen molar-refractivity contribution in [2.75, 3.05) is 21.3 Å². The maximum absolute atomic E-state index is 10.0. The van der Waals surface area contributed by atoms with E-state index in [1.54, 1.807) is 0 Å². The minimum absolute atomic E-state index is 0.979. The summed E-state index contributed by atoms with van der Waals surface area (Å²) in [4.78, 5) is 32.4. The highest BCUT2D eigenvalue weighted by Crippen LogP contribution is 1.75. The molecule has 0 rings (SSSR count). The predicted molar refractivity (Wildman–Crippen MR) is 36.8 cm³/mol. The molecular formula is C5H9NO6. The molecule has 0 radical (unpaired) electrons. The van der Waals surface area contributed by atoms with Crippen molar-refractivity contribution in [3.8, 4) is 0 Å². The fourth-order valence-corrected chi connectivity index (χ4v) is 0.167. The lowest BCUT2D eigenvalue weighted by Crippen LogP contribution is -2.16. The van der Waals surface area contributed by atoms with Gasteiger partial charge in [-0.25, -0.2) is 9.59 Å². The molecule has 70 valence electrons. The summed E-state index contributed by atoms with van der Waals surface area (Å²) < 4.78 is 7.98. The Kier molecular flexibility index (Phi) is 10.1. The highest BCUT2D eigenvalue weighted by Gasteiger charge is 2.11. The van der Waals surface area contributed by atoms with E-state index in [1.807, 2.05) is 5.34 Å². The molecule has 0 amide bonds. The maximum Gasteiger partial charge on any atom is 0.417 e. The first-order chi connectivity index (χ1) is 5.63. The van der Waals surface area contributed by atoms with E-state index in [2.05, 4.69) is 14.3 Å². The van der Waals surface area contributed by atoms with Crippen molar-refractivity contribution in [1.29, 1.82) is 0 Å². The van der Waals surface area contributed by atoms with E-state index in [-0.39, 0.29) is 0 Å². The first kappa shape index (κ1) is 13.0. The number of rotatable bonds is 1. The van der Waals surface area contributed by atoms with Gasteiger partial charge in [-0.3, -0.25) is 0 Å². The smallest absolute Gasteiger partial charge is 0.417 e. The van der Waals surface area contributed by atoms with Crippen LogP contribution in [0, 0.1) is 4.91 Å². The van der Waals surface area contributed by atoms with Crippen molar-refractivity contribution >= 4 is 11.9 Å². The molecule has 0 aliphatic carbocycles. The molecule has 0 N–H and O–H groups in total. The molecule has 0 atom stereocenters. The second-order valence-electron chi connectivity index (χ2n) is 1.24. The normalized spacial score (nSPS) is 6.92. The van der Waals surface area contributed by atoms with E-state index in [0.29, 0.717) is 0 Å². The average molecular weight is 179 g/mol. The first-order valence-electron chi connectivity index (χ1n) is 2.66. The van der Waals surface area contributed by atoms with Crippen molar-refractivity contribution in [3.05, 3.63) is 4.91 Å². The molecule has 0 unspecified atom stereocenters. The summed E-state index contributed by atoms with van der Waals surface area (Å²) in [5.74, 6) is -1.96. The van der Waals surface area contributed by atoms with E-state index in [9.17, 15) is 9.59 Å². The van der Waals surface area contributed by atoms with Crippen LogP contribution in [0.2, 0.25) is 0 Å². The Hall–Kier alpha value is -1.66. The molecule has 0 fully saturated rings. The molecule has 0 saturated carbocycles. The van der Waals surface area contributed by atoms with E-state index >= 15 is 0 Å². The molecule has 0 bridgehead atoms. The summed E-state index contributed by atoms with van der Waals surface area (Å²) in [7, 11) is 3.42. The lowest BCUT2D eigenvalue weighted by atomic mass is 10.7. The van der Waals surface area contributed by atoms with Gasteiger partial charge in [0.15, 0.2) is 5.34 Å². The Morgan fingerprint density at radius 2 is 1.25 bits per heavy atom. The van der Waals surface area contributed by atoms with Crippen LogP contribution < -0.4 is 0 Å². The minimum Gasteiger partial charge on any atom is -0.461 e. The lowest BCUT2D eigenvalue weighted by molar-refractivity contribution is -0.164. The number of hydrogen-bond donors (Lipinski definition) is 0. The van der Waals surface area contributed by atoms with Crippen molar-refractivity contribution in [2.24, 2.45) is 5.34 Å². The van der Waals surface area contributed by atoms with Crippen LogP contribution in [0.5, 0.6) is 0 Å². The third-order valence-corrected chi connectivity index (χ3v) is 0.612. The number of nitrogens with zero attached hydrogens (tertiary/aromatic N) is 1. The molecule has 0 aliphatic rings. The molecule has 0 aromatic rings. The average Bonchev–Trinajstić information content (AvgIpc) is 2.15. The van der Waals surface area contributed by atoms with Gasteiger partial charge in [-0.2, -0.15) is 0 Å². The number of methoxy groups -OCH3 is 2. The van der Waals surface area contributed by atoms with Gasteiger partial charge in [-0.15, -0.1) is 4.91 Å². The standard InChI is InChI=1S/C4H6O4.CH3NO2/c1-7-3(5)4(6)8-2;1-4-2-3/h1-2H3;1H3. The lowest BCUT2D eigenvalue weighted by Gasteiger charge is -1.92. The van der Waals surface area contributed by atoms with Crippen LogP contribution >= 0.6 is 0 Å². The van der Waals surface area contributed by atoms with Crippen LogP contribution in [0.25, 0.3) is 0 Å². The highest BCUT2D eigenvalue weighted by atomic mass is 16.7. The molecule has 12 heavy (non-hydrogen) atoms. The van der Waals surface area contributed by atoms with Crippen LogP contribution in [-0.4, -0.2) is 33.3 Å².